The number of hydrogen-bond donors (Lipinski definition) is 1. The number of fused-ring (bicyclic) bond motifs is 1. The lowest BCUT2D eigenvalue weighted by Crippen LogP contribution is -2.39. The molecule has 1 saturated heterocycles. The molecule has 2 aliphatic rings. The maximum absolute atomic E-state index is 10.0. The van der Waals surface area contributed by atoms with Crippen LogP contribution in [0.25, 0.3) is 0 Å². The van der Waals surface area contributed by atoms with Crippen molar-refractivity contribution in [3.8, 4) is 11.5 Å². The highest BCUT2D eigenvalue weighted by Crippen LogP contribution is 2.30. The summed E-state index contributed by atoms with van der Waals surface area (Å²) < 4.78 is 17.1. The van der Waals surface area contributed by atoms with Gasteiger partial charge in [-0.1, -0.05) is 18.6 Å². The molecule has 1 aromatic rings. The Kier molecular flexibility index (Phi) is 5.53. The van der Waals surface area contributed by atoms with Gasteiger partial charge in [0.1, 0.15) is 6.61 Å². The second kappa shape index (κ2) is 7.81. The standard InChI is InChI=1S/C17H25NO4/c19-14(10-18-8-4-1-5-9-18)11-20-12-15-13-21-16-6-2-3-7-17(16)22-15/h2-3,6-7,14-15,19H,1,4-5,8-13H2/t14-,15-/m0/s1. The van der Waals surface area contributed by atoms with Gasteiger partial charge in [-0.05, 0) is 38.1 Å². The summed E-state index contributed by atoms with van der Waals surface area (Å²) in [6.07, 6.45) is 3.23. The van der Waals surface area contributed by atoms with Crippen molar-refractivity contribution in [3.05, 3.63) is 24.3 Å². The number of piperidine rings is 1. The van der Waals surface area contributed by atoms with Gasteiger partial charge in [0.25, 0.3) is 0 Å². The summed E-state index contributed by atoms with van der Waals surface area (Å²) in [6.45, 7) is 4.15. The first-order chi connectivity index (χ1) is 10.8. The number of likely N-dealkylation sites (tertiary alicyclic amines) is 1. The van der Waals surface area contributed by atoms with Crippen molar-refractivity contribution in [3.63, 3.8) is 0 Å². The van der Waals surface area contributed by atoms with Gasteiger partial charge in [0.15, 0.2) is 17.6 Å². The summed E-state index contributed by atoms with van der Waals surface area (Å²) in [5, 5.41) is 10.0. The maximum atomic E-state index is 10.0. The maximum Gasteiger partial charge on any atom is 0.161 e. The zero-order valence-electron chi connectivity index (χ0n) is 12.9. The summed E-state index contributed by atoms with van der Waals surface area (Å²) >= 11 is 0. The second-order valence-electron chi connectivity index (χ2n) is 6.05. The van der Waals surface area contributed by atoms with Gasteiger partial charge in [-0.15, -0.1) is 0 Å². The first-order valence-corrected chi connectivity index (χ1v) is 8.18. The lowest BCUT2D eigenvalue weighted by molar-refractivity contribution is -0.0300. The molecule has 5 heteroatoms. The molecule has 0 aliphatic carbocycles. The quantitative estimate of drug-likeness (QED) is 0.867. The Hall–Kier alpha value is -1.30. The van der Waals surface area contributed by atoms with Crippen LogP contribution in [0.2, 0.25) is 0 Å². The molecule has 0 aromatic heterocycles. The number of β-amino-alcohol motifs (C(OH)–C–C–N with tert-alkyl or cyclic N) is 1. The largest absolute Gasteiger partial charge is 0.486 e. The van der Waals surface area contributed by atoms with E-state index < -0.39 is 6.10 Å². The molecular weight excluding hydrogens is 282 g/mol. The number of nitrogens with zero attached hydrogens (tertiary/aromatic N) is 1. The SMILES string of the molecule is O[C@H](COC[C@H]1COc2ccccc2O1)CN1CCCCC1. The molecule has 2 atom stereocenters. The van der Waals surface area contributed by atoms with Crippen LogP contribution in [0.5, 0.6) is 11.5 Å². The van der Waals surface area contributed by atoms with Crippen LogP contribution in [0.15, 0.2) is 24.3 Å². The van der Waals surface area contributed by atoms with Crippen molar-refractivity contribution in [2.45, 2.75) is 31.5 Å². The van der Waals surface area contributed by atoms with Crippen LogP contribution < -0.4 is 9.47 Å². The molecule has 0 radical (unpaired) electrons. The fourth-order valence-corrected chi connectivity index (χ4v) is 2.97. The molecule has 0 amide bonds. The average molecular weight is 307 g/mol. The molecule has 1 aromatic carbocycles. The third kappa shape index (κ3) is 4.35. The first-order valence-electron chi connectivity index (χ1n) is 8.18. The summed E-state index contributed by atoms with van der Waals surface area (Å²) in [5.41, 5.74) is 0. The number of aliphatic hydroxyl groups excluding tert-OH is 1. The number of rotatable bonds is 6. The van der Waals surface area contributed by atoms with Crippen molar-refractivity contribution in [2.75, 3.05) is 39.5 Å². The second-order valence-corrected chi connectivity index (χ2v) is 6.05. The highest BCUT2D eigenvalue weighted by Gasteiger charge is 2.21. The lowest BCUT2D eigenvalue weighted by Gasteiger charge is -2.29. The molecule has 3 rings (SSSR count). The van der Waals surface area contributed by atoms with E-state index in [0.29, 0.717) is 26.4 Å². The summed E-state index contributed by atoms with van der Waals surface area (Å²) in [6, 6.07) is 7.64. The van der Waals surface area contributed by atoms with Crippen molar-refractivity contribution in [1.29, 1.82) is 0 Å². The van der Waals surface area contributed by atoms with Gasteiger partial charge >= 0.3 is 0 Å². The van der Waals surface area contributed by atoms with Gasteiger partial charge in [0.05, 0.1) is 19.3 Å². The van der Waals surface area contributed by atoms with Crippen LogP contribution in [-0.4, -0.2) is 61.7 Å². The number of ether oxygens (including phenoxy) is 3. The Morgan fingerprint density at radius 3 is 2.77 bits per heavy atom. The molecule has 22 heavy (non-hydrogen) atoms. The van der Waals surface area contributed by atoms with Crippen LogP contribution in [0.3, 0.4) is 0 Å². The minimum Gasteiger partial charge on any atom is -0.486 e. The Balaban J connectivity index is 1.35. The van der Waals surface area contributed by atoms with E-state index >= 15 is 0 Å². The van der Waals surface area contributed by atoms with Crippen LogP contribution >= 0.6 is 0 Å². The molecule has 2 aliphatic heterocycles. The minimum atomic E-state index is -0.435. The molecule has 0 saturated carbocycles. The average Bonchev–Trinajstić information content (AvgIpc) is 2.55. The number of aliphatic hydroxyl groups is 1. The third-order valence-corrected chi connectivity index (χ3v) is 4.10. The lowest BCUT2D eigenvalue weighted by atomic mass is 10.1. The zero-order chi connectivity index (χ0) is 15.2. The zero-order valence-corrected chi connectivity index (χ0v) is 12.9. The van der Waals surface area contributed by atoms with Crippen LogP contribution in [0.1, 0.15) is 19.3 Å². The van der Waals surface area contributed by atoms with Gasteiger partial charge in [-0.2, -0.15) is 0 Å². The topological polar surface area (TPSA) is 51.2 Å². The first kappa shape index (κ1) is 15.6. The van der Waals surface area contributed by atoms with Crippen molar-refractivity contribution < 1.29 is 19.3 Å². The molecule has 2 heterocycles. The van der Waals surface area contributed by atoms with Gasteiger partial charge in [0.2, 0.25) is 0 Å². The van der Waals surface area contributed by atoms with E-state index in [9.17, 15) is 5.11 Å². The van der Waals surface area contributed by atoms with Crippen LogP contribution in [0, 0.1) is 0 Å². The molecule has 1 N–H and O–H groups in total. The van der Waals surface area contributed by atoms with E-state index in [-0.39, 0.29) is 6.10 Å². The van der Waals surface area contributed by atoms with Gasteiger partial charge in [0, 0.05) is 6.54 Å². The molecule has 0 spiro atoms. The number of para-hydroxylation sites is 2. The van der Waals surface area contributed by atoms with E-state index in [1.165, 1.54) is 19.3 Å². The van der Waals surface area contributed by atoms with Gasteiger partial charge in [-0.3, -0.25) is 0 Å². The highest BCUT2D eigenvalue weighted by atomic mass is 16.6. The van der Waals surface area contributed by atoms with E-state index in [1.807, 2.05) is 24.3 Å². The number of benzene rings is 1. The van der Waals surface area contributed by atoms with E-state index in [2.05, 4.69) is 4.90 Å². The summed E-state index contributed by atoms with van der Waals surface area (Å²) in [4.78, 5) is 2.31. The predicted octanol–water partition coefficient (Wildman–Crippen LogP) is 1.69. The van der Waals surface area contributed by atoms with E-state index in [0.717, 1.165) is 24.6 Å². The van der Waals surface area contributed by atoms with Crippen LogP contribution in [0.4, 0.5) is 0 Å². The Morgan fingerprint density at radius 1 is 1.18 bits per heavy atom. The molecule has 1 fully saturated rings. The Bertz CT molecular complexity index is 462. The smallest absolute Gasteiger partial charge is 0.161 e. The fourth-order valence-electron chi connectivity index (χ4n) is 2.97. The Morgan fingerprint density at radius 2 is 1.95 bits per heavy atom. The van der Waals surface area contributed by atoms with Crippen molar-refractivity contribution in [2.24, 2.45) is 0 Å². The monoisotopic (exact) mass is 307 g/mol. The van der Waals surface area contributed by atoms with Crippen molar-refractivity contribution >= 4 is 0 Å². The summed E-state index contributed by atoms with van der Waals surface area (Å²) in [5.74, 6) is 1.54. The van der Waals surface area contributed by atoms with Crippen molar-refractivity contribution in [1.82, 2.24) is 4.90 Å². The summed E-state index contributed by atoms with van der Waals surface area (Å²) in [7, 11) is 0. The van der Waals surface area contributed by atoms with Crippen LogP contribution in [-0.2, 0) is 4.74 Å². The normalized spacial score (nSPS) is 23.2. The number of hydrogen-bond acceptors (Lipinski definition) is 5. The molecule has 0 bridgehead atoms. The minimum absolute atomic E-state index is 0.114. The molecule has 5 nitrogen and oxygen atoms in total. The van der Waals surface area contributed by atoms with E-state index in [4.69, 9.17) is 14.2 Å². The molecule has 122 valence electrons. The third-order valence-electron chi connectivity index (χ3n) is 4.10. The molecular formula is C17H25NO4. The van der Waals surface area contributed by atoms with Gasteiger partial charge in [-0.25, -0.2) is 0 Å². The van der Waals surface area contributed by atoms with E-state index in [1.54, 1.807) is 0 Å². The van der Waals surface area contributed by atoms with Gasteiger partial charge < -0.3 is 24.2 Å². The fraction of sp³-hybridized carbons (Fsp3) is 0.647. The predicted molar refractivity (Wildman–Crippen MR) is 83.5 cm³/mol. The molecule has 0 unspecified atom stereocenters. The highest BCUT2D eigenvalue weighted by molar-refractivity contribution is 5.40. The Labute approximate surface area is 131 Å².